The summed E-state index contributed by atoms with van der Waals surface area (Å²) in [5, 5.41) is 29.8. The van der Waals surface area contributed by atoms with Crippen molar-refractivity contribution in [2.24, 2.45) is 5.10 Å². The first-order valence-electron chi connectivity index (χ1n) is 8.63. The second kappa shape index (κ2) is 7.86. The summed E-state index contributed by atoms with van der Waals surface area (Å²) in [6, 6.07) is 8.85. The first-order chi connectivity index (χ1) is 14.9. The molecule has 31 heavy (non-hydrogen) atoms. The number of hydrogen-bond donors (Lipinski definition) is 2. The molecule has 0 saturated heterocycles. The fraction of sp³-hybridized carbons (Fsp3) is 0.0588. The van der Waals surface area contributed by atoms with E-state index in [1.54, 1.807) is 19.1 Å². The highest BCUT2D eigenvalue weighted by Gasteiger charge is 2.26. The summed E-state index contributed by atoms with van der Waals surface area (Å²) in [5.41, 5.74) is 8.35. The average molecular weight is 423 g/mol. The first kappa shape index (κ1) is 19.4. The van der Waals surface area contributed by atoms with E-state index in [1.165, 1.54) is 30.5 Å². The van der Waals surface area contributed by atoms with Crippen LogP contribution in [0.1, 0.15) is 22.0 Å². The predicted octanol–water partition coefficient (Wildman–Crippen LogP) is 1.47. The van der Waals surface area contributed by atoms with Crippen molar-refractivity contribution in [1.29, 1.82) is 0 Å². The van der Waals surface area contributed by atoms with E-state index in [0.717, 1.165) is 4.68 Å². The molecule has 0 aliphatic carbocycles. The number of nitrogens with zero attached hydrogens (tertiary/aromatic N) is 7. The molecule has 1 aromatic carbocycles. The Hall–Kier alpha value is -4.88. The van der Waals surface area contributed by atoms with Gasteiger partial charge in [0.15, 0.2) is 5.69 Å². The number of anilines is 1. The van der Waals surface area contributed by atoms with Gasteiger partial charge in [-0.25, -0.2) is 10.1 Å². The minimum Gasteiger partial charge on any atom is -0.460 e. The van der Waals surface area contributed by atoms with Gasteiger partial charge in [-0.05, 0) is 41.5 Å². The molecule has 0 unspecified atom stereocenters. The van der Waals surface area contributed by atoms with Crippen molar-refractivity contribution in [3.05, 3.63) is 63.7 Å². The minimum absolute atomic E-state index is 0.0588. The van der Waals surface area contributed by atoms with E-state index in [4.69, 9.17) is 10.2 Å². The maximum Gasteiger partial charge on any atom is 0.292 e. The predicted molar refractivity (Wildman–Crippen MR) is 104 cm³/mol. The number of carbonyl (C=O) groups is 1. The van der Waals surface area contributed by atoms with Gasteiger partial charge in [0, 0.05) is 17.7 Å². The third-order valence-electron chi connectivity index (χ3n) is 4.05. The number of nitro groups is 1. The van der Waals surface area contributed by atoms with Gasteiger partial charge < -0.3 is 10.2 Å². The summed E-state index contributed by atoms with van der Waals surface area (Å²) in [7, 11) is 0. The molecule has 0 fully saturated rings. The summed E-state index contributed by atoms with van der Waals surface area (Å²) in [5.74, 6) is 0.231. The number of furan rings is 1. The van der Waals surface area contributed by atoms with E-state index >= 15 is 0 Å². The van der Waals surface area contributed by atoms with Crippen LogP contribution in [-0.4, -0.2) is 42.4 Å². The van der Waals surface area contributed by atoms with E-state index < -0.39 is 10.8 Å². The van der Waals surface area contributed by atoms with E-state index in [-0.39, 0.29) is 28.7 Å². The van der Waals surface area contributed by atoms with Crippen LogP contribution in [0.25, 0.3) is 17.1 Å². The van der Waals surface area contributed by atoms with E-state index in [9.17, 15) is 14.9 Å². The lowest BCUT2D eigenvalue weighted by molar-refractivity contribution is -0.384. The van der Waals surface area contributed by atoms with Crippen molar-refractivity contribution < 1.29 is 18.8 Å². The Labute approximate surface area is 172 Å². The van der Waals surface area contributed by atoms with E-state index in [0.29, 0.717) is 17.1 Å². The van der Waals surface area contributed by atoms with Crippen LogP contribution in [-0.2, 0) is 0 Å². The number of non-ortho nitro benzene ring substituents is 1. The standard InChI is InChI=1S/C17H13N9O5/c1-9-2-7-12(30-9)8-19-21-17(27)14-13(10-3-5-11(6-4-10)26(28)29)20-24-25(14)16-15(18)22-31-23-16/h2-8H,1H3,(H2,18,22)(H,21,27)/b19-8-. The van der Waals surface area contributed by atoms with Crippen LogP contribution in [0.3, 0.4) is 0 Å². The molecule has 0 aliphatic heterocycles. The van der Waals surface area contributed by atoms with Gasteiger partial charge in [-0.15, -0.1) is 5.10 Å². The van der Waals surface area contributed by atoms with E-state index in [1.807, 2.05) is 0 Å². The van der Waals surface area contributed by atoms with Crippen molar-refractivity contribution in [2.45, 2.75) is 6.92 Å². The molecule has 1 amide bonds. The Balaban J connectivity index is 1.71. The van der Waals surface area contributed by atoms with Gasteiger partial charge in [0.1, 0.15) is 17.2 Å². The van der Waals surface area contributed by atoms with Gasteiger partial charge in [-0.2, -0.15) is 9.78 Å². The number of nitro benzene ring substituents is 1. The summed E-state index contributed by atoms with van der Waals surface area (Å²) in [4.78, 5) is 23.3. The molecule has 3 N–H and O–H groups in total. The molecular formula is C17H13N9O5. The van der Waals surface area contributed by atoms with Crippen LogP contribution in [0.4, 0.5) is 11.5 Å². The lowest BCUT2D eigenvalue weighted by Crippen LogP contribution is -2.22. The first-order valence-corrected chi connectivity index (χ1v) is 8.63. The molecule has 4 aromatic rings. The molecule has 156 valence electrons. The summed E-state index contributed by atoms with van der Waals surface area (Å²) in [6.45, 7) is 1.77. The van der Waals surface area contributed by atoms with E-state index in [2.05, 4.69) is 35.8 Å². The maximum absolute atomic E-state index is 12.9. The number of benzene rings is 1. The SMILES string of the molecule is Cc1ccc(/C=N\NC(=O)c2c(-c3ccc([N+](=O)[O-])cc3)nnn2-c2nonc2N)o1. The highest BCUT2D eigenvalue weighted by atomic mass is 16.6. The molecule has 14 heteroatoms. The Morgan fingerprint density at radius 2 is 2.03 bits per heavy atom. The van der Waals surface area contributed by atoms with Crippen molar-refractivity contribution >= 4 is 23.6 Å². The van der Waals surface area contributed by atoms with Crippen molar-refractivity contribution in [3.8, 4) is 17.1 Å². The Morgan fingerprint density at radius 1 is 1.26 bits per heavy atom. The second-order valence-corrected chi connectivity index (χ2v) is 6.12. The summed E-state index contributed by atoms with van der Waals surface area (Å²) < 4.78 is 10.9. The van der Waals surface area contributed by atoms with Gasteiger partial charge in [-0.1, -0.05) is 5.21 Å². The Morgan fingerprint density at radius 3 is 2.65 bits per heavy atom. The van der Waals surface area contributed by atoms with Crippen LogP contribution < -0.4 is 11.2 Å². The molecule has 0 aliphatic rings. The number of nitrogens with two attached hydrogens (primary N) is 1. The number of rotatable bonds is 6. The number of hydrazone groups is 1. The quantitative estimate of drug-likeness (QED) is 0.260. The molecule has 3 aromatic heterocycles. The average Bonchev–Trinajstić information content (AvgIpc) is 3.47. The molecular weight excluding hydrogens is 410 g/mol. The highest BCUT2D eigenvalue weighted by Crippen LogP contribution is 2.26. The summed E-state index contributed by atoms with van der Waals surface area (Å²) in [6.07, 6.45) is 1.32. The zero-order valence-electron chi connectivity index (χ0n) is 15.8. The lowest BCUT2D eigenvalue weighted by Gasteiger charge is -2.04. The number of aromatic nitrogens is 5. The molecule has 3 heterocycles. The Bertz CT molecular complexity index is 1290. The van der Waals surface area contributed by atoms with Crippen LogP contribution in [0, 0.1) is 17.0 Å². The number of carbonyl (C=O) groups excluding carboxylic acids is 1. The van der Waals surface area contributed by atoms with Crippen molar-refractivity contribution in [2.75, 3.05) is 5.73 Å². The fourth-order valence-corrected chi connectivity index (χ4v) is 2.64. The third-order valence-corrected chi connectivity index (χ3v) is 4.05. The van der Waals surface area contributed by atoms with Crippen LogP contribution in [0.15, 0.2) is 50.5 Å². The topological polar surface area (TPSA) is 193 Å². The normalized spacial score (nSPS) is 11.1. The van der Waals surface area contributed by atoms with Gasteiger partial charge in [-0.3, -0.25) is 14.9 Å². The number of hydrogen-bond acceptors (Lipinski definition) is 11. The third kappa shape index (κ3) is 3.84. The second-order valence-electron chi connectivity index (χ2n) is 6.12. The molecule has 0 saturated carbocycles. The van der Waals surface area contributed by atoms with Crippen LogP contribution in [0.5, 0.6) is 0 Å². The molecule has 4 rings (SSSR count). The smallest absolute Gasteiger partial charge is 0.292 e. The lowest BCUT2D eigenvalue weighted by atomic mass is 10.1. The zero-order chi connectivity index (χ0) is 22.0. The van der Waals surface area contributed by atoms with Gasteiger partial charge in [0.2, 0.25) is 11.6 Å². The van der Waals surface area contributed by atoms with Gasteiger partial charge in [0.25, 0.3) is 11.6 Å². The number of aryl methyl sites for hydroxylation is 1. The maximum atomic E-state index is 12.9. The molecule has 0 bridgehead atoms. The number of nitrogen functional groups attached to an aromatic ring is 1. The fourth-order valence-electron chi connectivity index (χ4n) is 2.64. The molecule has 14 nitrogen and oxygen atoms in total. The largest absolute Gasteiger partial charge is 0.460 e. The summed E-state index contributed by atoms with van der Waals surface area (Å²) >= 11 is 0. The van der Waals surface area contributed by atoms with Crippen molar-refractivity contribution in [1.82, 2.24) is 30.7 Å². The number of nitrogens with one attached hydrogen (secondary N) is 1. The molecule has 0 radical (unpaired) electrons. The van der Waals surface area contributed by atoms with Crippen LogP contribution >= 0.6 is 0 Å². The van der Waals surface area contributed by atoms with Gasteiger partial charge >= 0.3 is 0 Å². The minimum atomic E-state index is -0.708. The van der Waals surface area contributed by atoms with Crippen molar-refractivity contribution in [3.63, 3.8) is 0 Å². The van der Waals surface area contributed by atoms with Gasteiger partial charge in [0.05, 0.1) is 11.1 Å². The molecule has 0 atom stereocenters. The monoisotopic (exact) mass is 423 g/mol. The highest BCUT2D eigenvalue weighted by molar-refractivity contribution is 5.99. The van der Waals surface area contributed by atoms with Crippen LogP contribution in [0.2, 0.25) is 0 Å². The zero-order valence-corrected chi connectivity index (χ0v) is 15.8. The Kier molecular flexibility index (Phi) is 4.93. The molecule has 0 spiro atoms. The number of amides is 1.